The quantitative estimate of drug-likeness (QED) is 0.801. The molecule has 0 atom stereocenters. The molecule has 3 nitrogen and oxygen atoms in total. The smallest absolute Gasteiger partial charge is 0.226 e. The monoisotopic (exact) mass is 336 g/mol. The lowest BCUT2D eigenvalue weighted by Gasteiger charge is -2.11. The van der Waals surface area contributed by atoms with Gasteiger partial charge in [-0.3, -0.25) is 4.79 Å². The summed E-state index contributed by atoms with van der Waals surface area (Å²) in [5, 5.41) is 7.45. The van der Waals surface area contributed by atoms with Gasteiger partial charge in [0.25, 0.3) is 0 Å². The minimum Gasteiger partial charge on any atom is -0.384 e. The number of hydrogen-bond donors (Lipinski definition) is 2. The van der Waals surface area contributed by atoms with E-state index in [0.29, 0.717) is 23.0 Å². The molecule has 0 spiro atoms. The van der Waals surface area contributed by atoms with E-state index in [9.17, 15) is 4.79 Å². The van der Waals surface area contributed by atoms with Gasteiger partial charge in [-0.05, 0) is 55.3 Å². The molecule has 0 aliphatic carbocycles. The second-order valence-electron chi connectivity index (χ2n) is 5.14. The van der Waals surface area contributed by atoms with Crippen LogP contribution in [0.5, 0.6) is 0 Å². The van der Waals surface area contributed by atoms with Crippen LogP contribution in [0.1, 0.15) is 17.5 Å². The number of rotatable bonds is 5. The molecule has 22 heavy (non-hydrogen) atoms. The minimum atomic E-state index is -0.0439. The predicted molar refractivity (Wildman–Crippen MR) is 94.1 cm³/mol. The highest BCUT2D eigenvalue weighted by atomic mass is 35.5. The highest BCUT2D eigenvalue weighted by Crippen LogP contribution is 2.21. The summed E-state index contributed by atoms with van der Waals surface area (Å²) in [5.74, 6) is -0.0439. The third kappa shape index (κ3) is 4.65. The first-order chi connectivity index (χ1) is 10.5. The SMILES string of the molecule is Cc1ccc(Cl)cc1NCCC(=O)Nc1ccc(Cl)cc1C. The molecule has 0 bridgehead atoms. The van der Waals surface area contributed by atoms with Gasteiger partial charge in [0.15, 0.2) is 0 Å². The van der Waals surface area contributed by atoms with Crippen molar-refractivity contribution in [3.63, 3.8) is 0 Å². The molecule has 116 valence electrons. The first kappa shape index (κ1) is 16.7. The van der Waals surface area contributed by atoms with Crippen molar-refractivity contribution in [3.05, 3.63) is 57.6 Å². The standard InChI is InChI=1S/C17H18Cl2N2O/c1-11-3-4-14(19)10-16(11)20-8-7-17(22)21-15-6-5-13(18)9-12(15)2/h3-6,9-10,20H,7-8H2,1-2H3,(H,21,22). The van der Waals surface area contributed by atoms with Crippen LogP contribution in [-0.4, -0.2) is 12.5 Å². The third-order valence-corrected chi connectivity index (χ3v) is 3.80. The molecule has 0 radical (unpaired) electrons. The number of carbonyl (C=O) groups is 1. The maximum atomic E-state index is 12.0. The van der Waals surface area contributed by atoms with E-state index in [0.717, 1.165) is 22.5 Å². The molecule has 0 aromatic heterocycles. The van der Waals surface area contributed by atoms with Crippen LogP contribution in [0.15, 0.2) is 36.4 Å². The second-order valence-corrected chi connectivity index (χ2v) is 6.02. The fourth-order valence-electron chi connectivity index (χ4n) is 2.08. The molecule has 0 aliphatic rings. The average molecular weight is 337 g/mol. The van der Waals surface area contributed by atoms with Crippen molar-refractivity contribution in [1.82, 2.24) is 0 Å². The van der Waals surface area contributed by atoms with Gasteiger partial charge in [0.1, 0.15) is 0 Å². The normalized spacial score (nSPS) is 10.4. The molecule has 0 saturated carbocycles. The predicted octanol–water partition coefficient (Wildman–Crippen LogP) is 5.05. The number of amides is 1. The van der Waals surface area contributed by atoms with Crippen molar-refractivity contribution in [2.24, 2.45) is 0 Å². The highest BCUT2D eigenvalue weighted by Gasteiger charge is 2.06. The van der Waals surface area contributed by atoms with Crippen molar-refractivity contribution >= 4 is 40.5 Å². The summed E-state index contributed by atoms with van der Waals surface area (Å²) in [7, 11) is 0. The van der Waals surface area contributed by atoms with Crippen molar-refractivity contribution in [2.75, 3.05) is 17.2 Å². The fourth-order valence-corrected chi connectivity index (χ4v) is 2.47. The lowest BCUT2D eigenvalue weighted by molar-refractivity contribution is -0.115. The number of benzene rings is 2. The van der Waals surface area contributed by atoms with Crippen LogP contribution in [0, 0.1) is 13.8 Å². The van der Waals surface area contributed by atoms with Gasteiger partial charge in [-0.15, -0.1) is 0 Å². The lowest BCUT2D eigenvalue weighted by Crippen LogP contribution is -2.17. The number of nitrogens with one attached hydrogen (secondary N) is 2. The van der Waals surface area contributed by atoms with E-state index >= 15 is 0 Å². The molecule has 0 saturated heterocycles. The molecule has 0 aliphatic heterocycles. The molecular weight excluding hydrogens is 319 g/mol. The molecule has 0 unspecified atom stereocenters. The summed E-state index contributed by atoms with van der Waals surface area (Å²) < 4.78 is 0. The van der Waals surface area contributed by atoms with Gasteiger partial charge in [0.2, 0.25) is 5.91 Å². The zero-order valence-corrected chi connectivity index (χ0v) is 14.1. The molecule has 0 heterocycles. The molecule has 2 aromatic carbocycles. The average Bonchev–Trinajstić information content (AvgIpc) is 2.46. The molecular formula is C17H18Cl2N2O. The van der Waals surface area contributed by atoms with Crippen LogP contribution in [0.2, 0.25) is 10.0 Å². The Bertz CT molecular complexity index is 686. The number of anilines is 2. The molecule has 2 N–H and O–H groups in total. The summed E-state index contributed by atoms with van der Waals surface area (Å²) in [6.07, 6.45) is 0.369. The topological polar surface area (TPSA) is 41.1 Å². The molecule has 5 heteroatoms. The Morgan fingerprint density at radius 3 is 2.36 bits per heavy atom. The largest absolute Gasteiger partial charge is 0.384 e. The Morgan fingerprint density at radius 1 is 0.955 bits per heavy atom. The Morgan fingerprint density at radius 2 is 1.64 bits per heavy atom. The van der Waals surface area contributed by atoms with Gasteiger partial charge < -0.3 is 10.6 Å². The zero-order chi connectivity index (χ0) is 16.1. The van der Waals surface area contributed by atoms with Crippen LogP contribution >= 0.6 is 23.2 Å². The van der Waals surface area contributed by atoms with E-state index in [4.69, 9.17) is 23.2 Å². The van der Waals surface area contributed by atoms with Crippen LogP contribution < -0.4 is 10.6 Å². The van der Waals surface area contributed by atoms with Crippen LogP contribution in [0.4, 0.5) is 11.4 Å². The fraction of sp³-hybridized carbons (Fsp3) is 0.235. The molecule has 2 aromatic rings. The van der Waals surface area contributed by atoms with Crippen LogP contribution in [-0.2, 0) is 4.79 Å². The molecule has 1 amide bonds. The van der Waals surface area contributed by atoms with E-state index in [1.165, 1.54) is 0 Å². The van der Waals surface area contributed by atoms with Crippen molar-refractivity contribution in [3.8, 4) is 0 Å². The summed E-state index contributed by atoms with van der Waals surface area (Å²) >= 11 is 11.9. The number of carbonyl (C=O) groups excluding carboxylic acids is 1. The van der Waals surface area contributed by atoms with Gasteiger partial charge in [-0.25, -0.2) is 0 Å². The van der Waals surface area contributed by atoms with E-state index < -0.39 is 0 Å². The summed E-state index contributed by atoms with van der Waals surface area (Å²) in [6, 6.07) is 11.0. The van der Waals surface area contributed by atoms with Gasteiger partial charge in [-0.1, -0.05) is 29.3 Å². The number of halogens is 2. The van der Waals surface area contributed by atoms with Gasteiger partial charge in [0.05, 0.1) is 0 Å². The Kier molecular flexibility index (Phi) is 5.69. The summed E-state index contributed by atoms with van der Waals surface area (Å²) in [6.45, 7) is 4.45. The van der Waals surface area contributed by atoms with E-state index in [-0.39, 0.29) is 5.91 Å². The Balaban J connectivity index is 1.86. The van der Waals surface area contributed by atoms with Crippen molar-refractivity contribution in [2.45, 2.75) is 20.3 Å². The van der Waals surface area contributed by atoms with Gasteiger partial charge >= 0.3 is 0 Å². The van der Waals surface area contributed by atoms with Gasteiger partial charge in [0, 0.05) is 34.4 Å². The molecule has 2 rings (SSSR count). The maximum absolute atomic E-state index is 12.0. The third-order valence-electron chi connectivity index (χ3n) is 3.33. The van der Waals surface area contributed by atoms with Crippen LogP contribution in [0.25, 0.3) is 0 Å². The van der Waals surface area contributed by atoms with E-state index in [1.807, 2.05) is 44.2 Å². The molecule has 0 fully saturated rings. The summed E-state index contributed by atoms with van der Waals surface area (Å²) in [4.78, 5) is 12.0. The lowest BCUT2D eigenvalue weighted by atomic mass is 10.2. The van der Waals surface area contributed by atoms with Crippen molar-refractivity contribution < 1.29 is 4.79 Å². The second kappa shape index (κ2) is 7.52. The number of hydrogen-bond acceptors (Lipinski definition) is 2. The first-order valence-electron chi connectivity index (χ1n) is 7.02. The van der Waals surface area contributed by atoms with E-state index in [1.54, 1.807) is 6.07 Å². The van der Waals surface area contributed by atoms with Gasteiger partial charge in [-0.2, -0.15) is 0 Å². The Hall–Kier alpha value is -1.71. The van der Waals surface area contributed by atoms with Crippen molar-refractivity contribution in [1.29, 1.82) is 0 Å². The maximum Gasteiger partial charge on any atom is 0.226 e. The number of aryl methyl sites for hydroxylation is 2. The van der Waals surface area contributed by atoms with Crippen LogP contribution in [0.3, 0.4) is 0 Å². The highest BCUT2D eigenvalue weighted by molar-refractivity contribution is 6.31. The van der Waals surface area contributed by atoms with E-state index in [2.05, 4.69) is 10.6 Å². The Labute approximate surface area is 140 Å². The first-order valence-corrected chi connectivity index (χ1v) is 7.77. The zero-order valence-electron chi connectivity index (χ0n) is 12.5. The summed E-state index contributed by atoms with van der Waals surface area (Å²) in [5.41, 5.74) is 3.77. The minimum absolute atomic E-state index is 0.0439.